The second-order valence-corrected chi connectivity index (χ2v) is 7.29. The average molecular weight is 409 g/mol. The lowest BCUT2D eigenvalue weighted by molar-refractivity contribution is -0.126. The first-order valence-corrected chi connectivity index (χ1v) is 9.72. The summed E-state index contributed by atoms with van der Waals surface area (Å²) in [6, 6.07) is 15.0. The molecule has 2 heterocycles. The molecule has 30 heavy (non-hydrogen) atoms. The number of ketones is 1. The van der Waals surface area contributed by atoms with Crippen molar-refractivity contribution in [3.63, 3.8) is 0 Å². The number of aromatic nitrogens is 1. The predicted octanol–water partition coefficient (Wildman–Crippen LogP) is 3.80. The third-order valence-corrected chi connectivity index (χ3v) is 5.37. The van der Waals surface area contributed by atoms with Gasteiger partial charge in [0, 0.05) is 54.9 Å². The molecule has 1 N–H and O–H groups in total. The van der Waals surface area contributed by atoms with Gasteiger partial charge in [0.15, 0.2) is 11.6 Å². The van der Waals surface area contributed by atoms with E-state index in [0.717, 1.165) is 23.4 Å². The molecule has 1 amide bonds. The highest BCUT2D eigenvalue weighted by Crippen LogP contribution is 2.23. The maximum atomic E-state index is 13.5. The molecule has 1 aliphatic rings. The molecule has 0 atom stereocenters. The van der Waals surface area contributed by atoms with Crippen molar-refractivity contribution in [1.29, 1.82) is 0 Å². The maximum Gasteiger partial charge on any atom is 0.295 e. The summed E-state index contributed by atoms with van der Waals surface area (Å²) in [7, 11) is 0. The van der Waals surface area contributed by atoms with E-state index in [1.54, 1.807) is 13.0 Å². The molecule has 3 aromatic rings. The first kappa shape index (κ1) is 19.8. The Bertz CT molecular complexity index is 1090. The van der Waals surface area contributed by atoms with E-state index >= 15 is 0 Å². The van der Waals surface area contributed by atoms with Crippen LogP contribution in [-0.2, 0) is 4.79 Å². The number of benzene rings is 2. The number of carbonyl (C=O) groups is 2. The third kappa shape index (κ3) is 3.83. The van der Waals surface area contributed by atoms with Crippen molar-refractivity contribution in [3.05, 3.63) is 77.5 Å². The fraction of sp³-hybridized carbons (Fsp3) is 0.217. The van der Waals surface area contributed by atoms with Crippen molar-refractivity contribution in [2.45, 2.75) is 6.92 Å². The number of halogens is 2. The second kappa shape index (κ2) is 8.10. The Hall–Kier alpha value is -3.48. The number of nitrogens with one attached hydrogen (secondary N) is 1. The summed E-state index contributed by atoms with van der Waals surface area (Å²) in [5, 5.41) is 0. The molecule has 2 aromatic carbocycles. The van der Waals surface area contributed by atoms with E-state index in [1.165, 1.54) is 11.0 Å². The molecule has 154 valence electrons. The Morgan fingerprint density at radius 1 is 0.900 bits per heavy atom. The highest BCUT2D eigenvalue weighted by atomic mass is 19.2. The van der Waals surface area contributed by atoms with Crippen molar-refractivity contribution in [2.75, 3.05) is 31.1 Å². The lowest BCUT2D eigenvalue weighted by Crippen LogP contribution is -2.50. The summed E-state index contributed by atoms with van der Waals surface area (Å²) in [6.07, 6.45) is 0. The smallest absolute Gasteiger partial charge is 0.295 e. The van der Waals surface area contributed by atoms with E-state index in [4.69, 9.17) is 0 Å². The van der Waals surface area contributed by atoms with Gasteiger partial charge >= 0.3 is 0 Å². The van der Waals surface area contributed by atoms with Gasteiger partial charge in [-0.15, -0.1) is 0 Å². The standard InChI is InChI=1S/C23H21F2N3O2/c1-15-18(14-21(26-15)16-5-3-2-4-6-16)22(29)23(30)28-11-9-27(10-12-28)17-7-8-19(24)20(25)13-17/h2-8,13-14,26H,9-12H2,1H3. The fourth-order valence-corrected chi connectivity index (χ4v) is 3.68. The van der Waals surface area contributed by atoms with Crippen molar-refractivity contribution in [2.24, 2.45) is 0 Å². The molecular formula is C23H21F2N3O2. The molecular weight excluding hydrogens is 388 g/mol. The number of aromatic amines is 1. The minimum absolute atomic E-state index is 0.332. The minimum Gasteiger partial charge on any atom is -0.368 e. The van der Waals surface area contributed by atoms with Gasteiger partial charge < -0.3 is 14.8 Å². The molecule has 0 aliphatic carbocycles. The average Bonchev–Trinajstić information content (AvgIpc) is 3.17. The fourth-order valence-electron chi connectivity index (χ4n) is 3.68. The second-order valence-electron chi connectivity index (χ2n) is 7.29. The summed E-state index contributed by atoms with van der Waals surface area (Å²) in [6.45, 7) is 3.31. The summed E-state index contributed by atoms with van der Waals surface area (Å²) in [5.74, 6) is -2.90. The molecule has 4 rings (SSSR count). The van der Waals surface area contributed by atoms with Crippen LogP contribution in [-0.4, -0.2) is 47.8 Å². The summed E-state index contributed by atoms with van der Waals surface area (Å²) in [4.78, 5) is 32.1. The largest absolute Gasteiger partial charge is 0.368 e. The van der Waals surface area contributed by atoms with Crippen LogP contribution in [0, 0.1) is 18.6 Å². The Morgan fingerprint density at radius 2 is 1.60 bits per heavy atom. The Kier molecular flexibility index (Phi) is 5.35. The zero-order valence-electron chi connectivity index (χ0n) is 16.5. The van der Waals surface area contributed by atoms with Crippen LogP contribution in [0.2, 0.25) is 0 Å². The van der Waals surface area contributed by atoms with E-state index in [1.807, 2.05) is 35.2 Å². The summed E-state index contributed by atoms with van der Waals surface area (Å²) >= 11 is 0. The van der Waals surface area contributed by atoms with Gasteiger partial charge in [0.25, 0.3) is 11.7 Å². The molecule has 0 spiro atoms. The number of anilines is 1. The van der Waals surface area contributed by atoms with Crippen molar-refractivity contribution >= 4 is 17.4 Å². The molecule has 1 aromatic heterocycles. The van der Waals surface area contributed by atoms with Crippen molar-refractivity contribution in [3.8, 4) is 11.3 Å². The van der Waals surface area contributed by atoms with Gasteiger partial charge in [-0.1, -0.05) is 30.3 Å². The van der Waals surface area contributed by atoms with Gasteiger partial charge in [-0.3, -0.25) is 9.59 Å². The highest BCUT2D eigenvalue weighted by molar-refractivity contribution is 6.43. The van der Waals surface area contributed by atoms with E-state index in [9.17, 15) is 18.4 Å². The SMILES string of the molecule is Cc1[nH]c(-c2ccccc2)cc1C(=O)C(=O)N1CCN(c2ccc(F)c(F)c2)CC1. The topological polar surface area (TPSA) is 56.4 Å². The van der Waals surface area contributed by atoms with Crippen LogP contribution in [0.1, 0.15) is 16.1 Å². The number of carbonyl (C=O) groups excluding carboxylic acids is 2. The normalized spacial score (nSPS) is 14.1. The van der Waals surface area contributed by atoms with Gasteiger partial charge in [-0.25, -0.2) is 8.78 Å². The number of aryl methyl sites for hydroxylation is 1. The van der Waals surface area contributed by atoms with Gasteiger partial charge in [0.2, 0.25) is 0 Å². The number of amides is 1. The van der Waals surface area contributed by atoms with Crippen molar-refractivity contribution < 1.29 is 18.4 Å². The Morgan fingerprint density at radius 3 is 2.27 bits per heavy atom. The lowest BCUT2D eigenvalue weighted by Gasteiger charge is -2.35. The molecule has 1 saturated heterocycles. The molecule has 0 saturated carbocycles. The zero-order valence-corrected chi connectivity index (χ0v) is 16.5. The summed E-state index contributed by atoms with van der Waals surface area (Å²) < 4.78 is 26.6. The zero-order chi connectivity index (χ0) is 21.3. The monoisotopic (exact) mass is 409 g/mol. The number of Topliss-reactive ketones (excluding diaryl/α,β-unsaturated/α-hetero) is 1. The molecule has 0 radical (unpaired) electrons. The number of piperazine rings is 1. The van der Waals surface area contributed by atoms with E-state index < -0.39 is 23.3 Å². The van der Waals surface area contributed by atoms with Crippen LogP contribution in [0.4, 0.5) is 14.5 Å². The van der Waals surface area contributed by atoms with E-state index in [-0.39, 0.29) is 0 Å². The van der Waals surface area contributed by atoms with Crippen molar-refractivity contribution in [1.82, 2.24) is 9.88 Å². The number of hydrogen-bond acceptors (Lipinski definition) is 3. The summed E-state index contributed by atoms with van der Waals surface area (Å²) in [5.41, 5.74) is 3.29. The number of hydrogen-bond donors (Lipinski definition) is 1. The number of H-pyrrole nitrogens is 1. The van der Waals surface area contributed by atoms with Crippen LogP contribution < -0.4 is 4.90 Å². The van der Waals surface area contributed by atoms with Gasteiger partial charge in [0.1, 0.15) is 0 Å². The van der Waals surface area contributed by atoms with Crippen LogP contribution in [0.3, 0.4) is 0 Å². The van der Waals surface area contributed by atoms with Crippen LogP contribution in [0.25, 0.3) is 11.3 Å². The van der Waals surface area contributed by atoms with Gasteiger partial charge in [-0.2, -0.15) is 0 Å². The molecule has 5 nitrogen and oxygen atoms in total. The first-order valence-electron chi connectivity index (χ1n) is 9.72. The quantitative estimate of drug-likeness (QED) is 0.527. The van der Waals surface area contributed by atoms with Gasteiger partial charge in [0.05, 0.1) is 0 Å². The van der Waals surface area contributed by atoms with Crippen LogP contribution >= 0.6 is 0 Å². The van der Waals surface area contributed by atoms with Gasteiger partial charge in [-0.05, 0) is 30.7 Å². The predicted molar refractivity (Wildman–Crippen MR) is 110 cm³/mol. The Labute approximate surface area is 172 Å². The lowest BCUT2D eigenvalue weighted by atomic mass is 10.1. The molecule has 0 bridgehead atoms. The highest BCUT2D eigenvalue weighted by Gasteiger charge is 2.29. The Balaban J connectivity index is 1.44. The van der Waals surface area contributed by atoms with Crippen LogP contribution in [0.15, 0.2) is 54.6 Å². The number of rotatable bonds is 4. The van der Waals surface area contributed by atoms with E-state index in [2.05, 4.69) is 4.98 Å². The third-order valence-electron chi connectivity index (χ3n) is 5.37. The maximum absolute atomic E-state index is 13.5. The molecule has 1 aliphatic heterocycles. The van der Waals surface area contributed by atoms with Crippen LogP contribution in [0.5, 0.6) is 0 Å². The molecule has 7 heteroatoms. The molecule has 0 unspecified atom stereocenters. The minimum atomic E-state index is -0.904. The number of nitrogens with zero attached hydrogens (tertiary/aromatic N) is 2. The molecule has 1 fully saturated rings. The first-order chi connectivity index (χ1) is 14.4. The van der Waals surface area contributed by atoms with E-state index in [0.29, 0.717) is 43.1 Å².